The van der Waals surface area contributed by atoms with Crippen LogP contribution in [0.3, 0.4) is 0 Å². The summed E-state index contributed by atoms with van der Waals surface area (Å²) in [5, 5.41) is 28.4. The molecule has 260 valence electrons. The zero-order valence-corrected chi connectivity index (χ0v) is 28.0. The predicted octanol–water partition coefficient (Wildman–Crippen LogP) is 4.76. The van der Waals surface area contributed by atoms with E-state index < -0.39 is 11.9 Å². The number of carboxylic acid groups (broad SMARTS) is 1. The van der Waals surface area contributed by atoms with Gasteiger partial charge in [-0.05, 0) is 86.5 Å². The minimum absolute atomic E-state index is 0.0164. The lowest BCUT2D eigenvalue weighted by Crippen LogP contribution is -2.38. The summed E-state index contributed by atoms with van der Waals surface area (Å²) in [5.41, 5.74) is 8.35. The topological polar surface area (TPSA) is 191 Å². The molecular weight excluding hydrogens is 636 g/mol. The van der Waals surface area contributed by atoms with Crippen LogP contribution in [0.5, 0.6) is 5.75 Å². The number of benzene rings is 3. The van der Waals surface area contributed by atoms with Gasteiger partial charge in [0.2, 0.25) is 5.91 Å². The van der Waals surface area contributed by atoms with Gasteiger partial charge >= 0.3 is 5.97 Å². The molecule has 2 heterocycles. The molecule has 13 nitrogen and oxygen atoms in total. The van der Waals surface area contributed by atoms with Gasteiger partial charge in [-0.15, -0.1) is 0 Å². The molecule has 1 saturated heterocycles. The number of likely N-dealkylation sites (tertiary alicyclic amines) is 1. The summed E-state index contributed by atoms with van der Waals surface area (Å²) in [6.07, 6.45) is 5.94. The third kappa shape index (κ3) is 7.77. The number of amides is 2. The van der Waals surface area contributed by atoms with Crippen molar-refractivity contribution >= 4 is 46.2 Å². The van der Waals surface area contributed by atoms with E-state index in [2.05, 4.69) is 5.32 Å². The number of nitrogens with zero attached hydrogens (tertiary/aromatic N) is 4. The Balaban J connectivity index is 1.33. The van der Waals surface area contributed by atoms with Gasteiger partial charge in [0.1, 0.15) is 30.1 Å². The molecule has 1 aliphatic heterocycles. The number of hydrogen-bond donors (Lipinski definition) is 5. The van der Waals surface area contributed by atoms with Crippen LogP contribution >= 0.6 is 0 Å². The van der Waals surface area contributed by atoms with Gasteiger partial charge in [-0.25, -0.2) is 9.78 Å². The Morgan fingerprint density at radius 3 is 2.28 bits per heavy atom. The maximum atomic E-state index is 14.2. The highest BCUT2D eigenvalue weighted by Crippen LogP contribution is 2.27. The number of rotatable bonds is 11. The molecule has 2 amide bonds. The van der Waals surface area contributed by atoms with Crippen molar-refractivity contribution < 1.29 is 24.2 Å². The summed E-state index contributed by atoms with van der Waals surface area (Å²) in [6.45, 7) is 3.12. The number of ether oxygens (including phenoxy) is 1. The zero-order valence-electron chi connectivity index (χ0n) is 28.0. The number of anilines is 1. The monoisotopic (exact) mass is 678 g/mol. The standard InChI is InChI=1S/C37H42N8O5/c1-23(38)43-18-17-30(20-43)50-29-14-12-28(13-15-29)44(36(47)24-7-9-25(10-8-24)37(48)49)21-33-42-31-19-26(35(39)40)11-16-32(31)45(33)22-34(46)41-27-5-3-2-4-6-27/h7-16,19,27,30,38H,2-6,17-18,20-22H2,1H3,(H3,39,40)(H,41,46)(H,48,49). The molecule has 0 radical (unpaired) electrons. The second kappa shape index (κ2) is 14.8. The molecule has 3 aromatic carbocycles. The molecule has 1 saturated carbocycles. The number of carbonyl (C=O) groups excluding carboxylic acids is 2. The number of fused-ring (bicyclic) bond motifs is 1. The van der Waals surface area contributed by atoms with Gasteiger partial charge in [-0.3, -0.25) is 20.4 Å². The number of carbonyl (C=O) groups is 3. The number of amidine groups is 2. The van der Waals surface area contributed by atoms with Gasteiger partial charge in [0, 0.05) is 35.8 Å². The van der Waals surface area contributed by atoms with Crippen molar-refractivity contribution in [2.45, 2.75) is 70.7 Å². The van der Waals surface area contributed by atoms with E-state index in [1.807, 2.05) is 4.90 Å². The second-order valence-corrected chi connectivity index (χ2v) is 13.0. The fourth-order valence-corrected chi connectivity index (χ4v) is 6.67. The summed E-state index contributed by atoms with van der Waals surface area (Å²) >= 11 is 0. The van der Waals surface area contributed by atoms with Crippen LogP contribution in [0, 0.1) is 10.8 Å². The minimum atomic E-state index is -1.09. The number of nitrogens with one attached hydrogen (secondary N) is 3. The van der Waals surface area contributed by atoms with Crippen molar-refractivity contribution in [1.82, 2.24) is 19.8 Å². The van der Waals surface area contributed by atoms with E-state index in [1.165, 1.54) is 35.6 Å². The highest BCUT2D eigenvalue weighted by Gasteiger charge is 2.26. The Bertz CT molecular complexity index is 1910. The van der Waals surface area contributed by atoms with Crippen LogP contribution in [0.25, 0.3) is 11.0 Å². The van der Waals surface area contributed by atoms with Crippen LogP contribution in [-0.4, -0.2) is 74.2 Å². The van der Waals surface area contributed by atoms with Gasteiger partial charge in [0.05, 0.1) is 35.5 Å². The normalized spacial score (nSPS) is 16.3. The van der Waals surface area contributed by atoms with Gasteiger partial charge in [-0.2, -0.15) is 0 Å². The van der Waals surface area contributed by atoms with E-state index in [0.29, 0.717) is 46.2 Å². The molecule has 1 atom stereocenters. The molecule has 4 aromatic rings. The maximum absolute atomic E-state index is 14.2. The summed E-state index contributed by atoms with van der Waals surface area (Å²) in [6, 6.07) is 18.2. The van der Waals surface area contributed by atoms with Crippen LogP contribution < -0.4 is 20.7 Å². The molecule has 6 rings (SSSR count). The first-order chi connectivity index (χ1) is 24.0. The van der Waals surface area contributed by atoms with Crippen LogP contribution in [0.15, 0.2) is 66.7 Å². The van der Waals surface area contributed by atoms with Crippen LogP contribution in [0.1, 0.15) is 77.6 Å². The highest BCUT2D eigenvalue weighted by atomic mass is 16.5. The molecule has 6 N–H and O–H groups in total. The van der Waals surface area contributed by atoms with Crippen LogP contribution in [0.4, 0.5) is 5.69 Å². The molecular formula is C37H42N8O5. The predicted molar refractivity (Wildman–Crippen MR) is 190 cm³/mol. The quantitative estimate of drug-likeness (QED) is 0.111. The smallest absolute Gasteiger partial charge is 0.335 e. The van der Waals surface area contributed by atoms with E-state index in [-0.39, 0.29) is 48.1 Å². The Morgan fingerprint density at radius 1 is 0.960 bits per heavy atom. The number of imidazole rings is 1. The third-order valence-corrected chi connectivity index (χ3v) is 9.40. The minimum Gasteiger partial charge on any atom is -0.489 e. The molecule has 0 bridgehead atoms. The average molecular weight is 679 g/mol. The second-order valence-electron chi connectivity index (χ2n) is 13.0. The maximum Gasteiger partial charge on any atom is 0.335 e. The van der Waals surface area contributed by atoms with Crippen molar-refractivity contribution in [2.24, 2.45) is 5.73 Å². The summed E-state index contributed by atoms with van der Waals surface area (Å²) in [4.78, 5) is 47.5. The molecule has 1 aromatic heterocycles. The third-order valence-electron chi connectivity index (χ3n) is 9.40. The molecule has 1 unspecified atom stereocenters. The lowest BCUT2D eigenvalue weighted by molar-refractivity contribution is -0.122. The Kier molecular flexibility index (Phi) is 10.1. The molecule has 2 fully saturated rings. The average Bonchev–Trinajstić information content (AvgIpc) is 3.72. The first kappa shape index (κ1) is 34.2. The van der Waals surface area contributed by atoms with E-state index in [9.17, 15) is 19.5 Å². The first-order valence-electron chi connectivity index (χ1n) is 16.9. The van der Waals surface area contributed by atoms with Gasteiger partial charge < -0.3 is 35.3 Å². The van der Waals surface area contributed by atoms with Crippen molar-refractivity contribution in [3.63, 3.8) is 0 Å². The Labute approximate surface area is 290 Å². The summed E-state index contributed by atoms with van der Waals surface area (Å²) in [7, 11) is 0. The fraction of sp³-hybridized carbons (Fsp3) is 0.351. The number of nitrogen functional groups attached to an aromatic ring is 1. The van der Waals surface area contributed by atoms with Crippen LogP contribution in [0.2, 0.25) is 0 Å². The summed E-state index contributed by atoms with van der Waals surface area (Å²) < 4.78 is 7.99. The first-order valence-corrected chi connectivity index (χ1v) is 16.9. The molecule has 0 spiro atoms. The molecule has 2 aliphatic rings. The number of hydrogen-bond acceptors (Lipinski definition) is 7. The Hall–Kier alpha value is -5.72. The summed E-state index contributed by atoms with van der Waals surface area (Å²) in [5.74, 6) is -0.165. The van der Waals surface area contributed by atoms with Gasteiger partial charge in [-0.1, -0.05) is 19.3 Å². The largest absolute Gasteiger partial charge is 0.489 e. The van der Waals surface area contributed by atoms with E-state index in [1.54, 1.807) is 54.0 Å². The fourth-order valence-electron chi connectivity index (χ4n) is 6.67. The lowest BCUT2D eigenvalue weighted by atomic mass is 9.95. The zero-order chi connectivity index (χ0) is 35.4. The SMILES string of the molecule is CC(=N)N1CCC(Oc2ccc(N(Cc3nc4cc(C(=N)N)ccc4n3CC(=O)NC3CCCCC3)C(=O)c3ccc(C(=O)O)cc3)cc2)C1. The molecule has 50 heavy (non-hydrogen) atoms. The van der Waals surface area contributed by atoms with E-state index >= 15 is 0 Å². The Morgan fingerprint density at radius 2 is 1.64 bits per heavy atom. The number of nitrogens with two attached hydrogens (primary N) is 1. The van der Waals surface area contributed by atoms with Crippen molar-refractivity contribution in [1.29, 1.82) is 10.8 Å². The lowest BCUT2D eigenvalue weighted by Gasteiger charge is -2.25. The highest BCUT2D eigenvalue weighted by molar-refractivity contribution is 6.06. The van der Waals surface area contributed by atoms with Crippen LogP contribution in [-0.2, 0) is 17.9 Å². The van der Waals surface area contributed by atoms with Gasteiger partial charge in [0.15, 0.2) is 0 Å². The van der Waals surface area contributed by atoms with Gasteiger partial charge in [0.25, 0.3) is 5.91 Å². The van der Waals surface area contributed by atoms with E-state index in [0.717, 1.165) is 38.6 Å². The van der Waals surface area contributed by atoms with E-state index in [4.69, 9.17) is 26.3 Å². The van der Waals surface area contributed by atoms with Crippen molar-refractivity contribution in [3.05, 3.63) is 89.2 Å². The molecule has 13 heteroatoms. The number of carboxylic acids is 1. The number of aromatic nitrogens is 2. The molecule has 1 aliphatic carbocycles. The number of aromatic carboxylic acids is 1. The van der Waals surface area contributed by atoms with Crippen molar-refractivity contribution in [2.75, 3.05) is 18.0 Å². The van der Waals surface area contributed by atoms with Crippen molar-refractivity contribution in [3.8, 4) is 5.75 Å².